The molecule has 0 unspecified atom stereocenters. The molecule has 1 aromatic heterocycles. The summed E-state index contributed by atoms with van der Waals surface area (Å²) in [5.41, 5.74) is 1.23. The van der Waals surface area contributed by atoms with Gasteiger partial charge < -0.3 is 0 Å². The minimum atomic E-state index is 0.681. The molecular weight excluding hydrogens is 211 g/mol. The number of rotatable bonds is 0. The maximum atomic E-state index is 5.99. The van der Waals surface area contributed by atoms with E-state index in [2.05, 4.69) is 13.0 Å². The van der Waals surface area contributed by atoms with Crippen molar-refractivity contribution in [3.8, 4) is 0 Å². The first-order valence-electron chi connectivity index (χ1n) is 3.53. The van der Waals surface area contributed by atoms with Crippen LogP contribution in [-0.4, -0.2) is 0 Å². The van der Waals surface area contributed by atoms with Crippen LogP contribution in [0.3, 0.4) is 0 Å². The lowest BCUT2D eigenvalue weighted by Gasteiger charge is -1.92. The molecule has 1 aromatic carbocycles. The van der Waals surface area contributed by atoms with E-state index >= 15 is 0 Å². The Morgan fingerprint density at radius 2 is 2.00 bits per heavy atom. The Balaban J connectivity index is 2.95. The molecule has 12 heavy (non-hydrogen) atoms. The fraction of sp³-hybridized carbons (Fsp3) is 0.111. The van der Waals surface area contributed by atoms with Crippen molar-refractivity contribution in [1.82, 2.24) is 0 Å². The molecule has 62 valence electrons. The van der Waals surface area contributed by atoms with E-state index in [1.165, 1.54) is 21.6 Å². The van der Waals surface area contributed by atoms with E-state index in [0.29, 0.717) is 9.36 Å². The molecule has 0 bridgehead atoms. The second-order valence-corrected chi connectivity index (χ2v) is 4.64. The topological polar surface area (TPSA) is 0 Å². The van der Waals surface area contributed by atoms with E-state index in [1.54, 1.807) is 0 Å². The van der Waals surface area contributed by atoms with Crippen LogP contribution in [0.15, 0.2) is 18.2 Å². The first kappa shape index (κ1) is 8.36. The monoisotopic (exact) mass is 216 g/mol. The summed E-state index contributed by atoms with van der Waals surface area (Å²) in [6.45, 7) is 2.06. The normalized spacial score (nSPS) is 10.9. The van der Waals surface area contributed by atoms with Crippen molar-refractivity contribution in [3.63, 3.8) is 0 Å². The van der Waals surface area contributed by atoms with E-state index in [4.69, 9.17) is 23.2 Å². The van der Waals surface area contributed by atoms with Crippen LogP contribution in [0, 0.1) is 6.92 Å². The molecule has 0 radical (unpaired) electrons. The lowest BCUT2D eigenvalue weighted by atomic mass is 10.2. The highest BCUT2D eigenvalue weighted by Crippen LogP contribution is 2.39. The van der Waals surface area contributed by atoms with Gasteiger partial charge in [-0.25, -0.2) is 0 Å². The fourth-order valence-corrected chi connectivity index (χ4v) is 2.75. The molecule has 2 aromatic rings. The van der Waals surface area contributed by atoms with Crippen LogP contribution in [0.4, 0.5) is 0 Å². The quantitative estimate of drug-likeness (QED) is 0.608. The summed E-state index contributed by atoms with van der Waals surface area (Å²) >= 11 is 13.4. The maximum absolute atomic E-state index is 5.99. The Hall–Kier alpha value is -0.240. The molecule has 0 fully saturated rings. The zero-order valence-corrected chi connectivity index (χ0v) is 8.72. The number of halogens is 2. The van der Waals surface area contributed by atoms with Gasteiger partial charge in [-0.3, -0.25) is 0 Å². The molecule has 0 N–H and O–H groups in total. The number of hydrogen-bond acceptors (Lipinski definition) is 1. The van der Waals surface area contributed by atoms with Crippen molar-refractivity contribution in [2.75, 3.05) is 0 Å². The van der Waals surface area contributed by atoms with E-state index in [0.717, 1.165) is 5.39 Å². The summed E-state index contributed by atoms with van der Waals surface area (Å²) in [4.78, 5) is 0. The van der Waals surface area contributed by atoms with Gasteiger partial charge in [0.15, 0.2) is 0 Å². The summed E-state index contributed by atoms with van der Waals surface area (Å²) in [6, 6.07) is 6.05. The minimum Gasteiger partial charge on any atom is -0.121 e. The highest BCUT2D eigenvalue weighted by molar-refractivity contribution is 7.23. The van der Waals surface area contributed by atoms with Crippen molar-refractivity contribution in [2.24, 2.45) is 0 Å². The summed E-state index contributed by atoms with van der Waals surface area (Å²) in [5, 5.41) is 1.74. The van der Waals surface area contributed by atoms with Crippen molar-refractivity contribution in [1.29, 1.82) is 0 Å². The Morgan fingerprint density at radius 3 is 2.67 bits per heavy atom. The second-order valence-electron chi connectivity index (χ2n) is 2.64. The average Bonchev–Trinajstić information content (AvgIpc) is 2.32. The van der Waals surface area contributed by atoms with Gasteiger partial charge >= 0.3 is 0 Å². The van der Waals surface area contributed by atoms with Gasteiger partial charge in [0.25, 0.3) is 0 Å². The fourth-order valence-electron chi connectivity index (χ4n) is 1.20. The first-order chi connectivity index (χ1) is 5.70. The number of fused-ring (bicyclic) bond motifs is 1. The predicted molar refractivity (Wildman–Crippen MR) is 56.6 cm³/mol. The van der Waals surface area contributed by atoms with Crippen LogP contribution in [0.2, 0.25) is 9.36 Å². The minimum absolute atomic E-state index is 0.681. The zero-order chi connectivity index (χ0) is 8.72. The highest BCUT2D eigenvalue weighted by Gasteiger charge is 2.08. The molecule has 0 amide bonds. The first-order valence-corrected chi connectivity index (χ1v) is 5.10. The third-order valence-corrected chi connectivity index (χ3v) is 3.96. The smallest absolute Gasteiger partial charge is 0.113 e. The molecule has 1 heterocycles. The second kappa shape index (κ2) is 2.91. The Morgan fingerprint density at radius 1 is 1.25 bits per heavy atom. The lowest BCUT2D eigenvalue weighted by Crippen LogP contribution is -1.69. The molecule has 2 rings (SSSR count). The lowest BCUT2D eigenvalue weighted by molar-refractivity contribution is 1.56. The van der Waals surface area contributed by atoms with Crippen LogP contribution in [0.5, 0.6) is 0 Å². The highest BCUT2D eigenvalue weighted by atomic mass is 35.5. The summed E-state index contributed by atoms with van der Waals surface area (Å²) in [5.74, 6) is 0. The van der Waals surface area contributed by atoms with Gasteiger partial charge in [0.2, 0.25) is 0 Å². The van der Waals surface area contributed by atoms with E-state index in [-0.39, 0.29) is 0 Å². The molecule has 0 saturated carbocycles. The molecule has 0 saturated heterocycles. The number of hydrogen-bond donors (Lipinski definition) is 0. The van der Waals surface area contributed by atoms with Crippen molar-refractivity contribution >= 4 is 44.6 Å². The molecule has 3 heteroatoms. The number of benzene rings is 1. The van der Waals surface area contributed by atoms with Crippen LogP contribution < -0.4 is 0 Å². The van der Waals surface area contributed by atoms with Gasteiger partial charge in [-0.1, -0.05) is 41.4 Å². The standard InChI is InChI=1S/C9H6Cl2S/c1-5-3-2-4-6-7(10)9(11)12-8(5)6/h2-4H,1H3. The van der Waals surface area contributed by atoms with Gasteiger partial charge in [0.1, 0.15) is 4.34 Å². The van der Waals surface area contributed by atoms with Crippen LogP contribution in [-0.2, 0) is 0 Å². The number of aryl methyl sites for hydroxylation is 1. The number of thiophene rings is 1. The van der Waals surface area contributed by atoms with Crippen LogP contribution in [0.25, 0.3) is 10.1 Å². The molecule has 0 spiro atoms. The van der Waals surface area contributed by atoms with E-state index in [9.17, 15) is 0 Å². The molecule has 0 aliphatic carbocycles. The van der Waals surface area contributed by atoms with Crippen molar-refractivity contribution in [3.05, 3.63) is 33.1 Å². The Kier molecular flexibility index (Phi) is 2.03. The molecule has 0 aliphatic rings. The Labute approximate surface area is 84.7 Å². The van der Waals surface area contributed by atoms with E-state index < -0.39 is 0 Å². The van der Waals surface area contributed by atoms with Gasteiger partial charge in [-0.2, -0.15) is 0 Å². The molecular formula is C9H6Cl2S. The van der Waals surface area contributed by atoms with Crippen molar-refractivity contribution in [2.45, 2.75) is 6.92 Å². The molecule has 0 nitrogen and oxygen atoms in total. The van der Waals surface area contributed by atoms with Gasteiger partial charge in [0, 0.05) is 10.1 Å². The van der Waals surface area contributed by atoms with Crippen LogP contribution in [0.1, 0.15) is 5.56 Å². The van der Waals surface area contributed by atoms with Gasteiger partial charge in [-0.15, -0.1) is 11.3 Å². The van der Waals surface area contributed by atoms with Crippen molar-refractivity contribution < 1.29 is 0 Å². The maximum Gasteiger partial charge on any atom is 0.113 e. The SMILES string of the molecule is Cc1cccc2c(Cl)c(Cl)sc12. The van der Waals surface area contributed by atoms with E-state index in [1.807, 2.05) is 12.1 Å². The Bertz CT molecular complexity index is 431. The zero-order valence-electron chi connectivity index (χ0n) is 6.40. The summed E-state index contributed by atoms with van der Waals surface area (Å²) in [6.07, 6.45) is 0. The third-order valence-electron chi connectivity index (χ3n) is 1.81. The average molecular weight is 217 g/mol. The molecule has 0 atom stereocenters. The van der Waals surface area contributed by atoms with Crippen LogP contribution >= 0.6 is 34.5 Å². The third kappa shape index (κ3) is 1.13. The van der Waals surface area contributed by atoms with Gasteiger partial charge in [0.05, 0.1) is 5.02 Å². The van der Waals surface area contributed by atoms with Gasteiger partial charge in [-0.05, 0) is 12.5 Å². The summed E-state index contributed by atoms with van der Waals surface area (Å²) in [7, 11) is 0. The molecule has 0 aliphatic heterocycles. The largest absolute Gasteiger partial charge is 0.121 e. The summed E-state index contributed by atoms with van der Waals surface area (Å²) < 4.78 is 1.87. The predicted octanol–water partition coefficient (Wildman–Crippen LogP) is 4.52.